The van der Waals surface area contributed by atoms with Gasteiger partial charge in [0.25, 0.3) is 0 Å². The smallest absolute Gasteiger partial charge is 0.790 e. The Kier molecular flexibility index (Phi) is 31.8. The quantitative estimate of drug-likeness (QED) is 0.0658. The van der Waals surface area contributed by atoms with Gasteiger partial charge in [-0.3, -0.25) is 9.59 Å². The molecule has 0 aromatic rings. The van der Waals surface area contributed by atoms with Crippen LogP contribution in [0.5, 0.6) is 0 Å². The van der Waals surface area contributed by atoms with Gasteiger partial charge in [0.15, 0.2) is 6.10 Å². The summed E-state index contributed by atoms with van der Waals surface area (Å²) in [6, 6.07) is 0. The molecule has 0 aliphatic heterocycles. The van der Waals surface area contributed by atoms with Crippen molar-refractivity contribution in [1.29, 1.82) is 0 Å². The summed E-state index contributed by atoms with van der Waals surface area (Å²) in [5.41, 5.74) is 4.47. The molecule has 2 N–H and O–H groups in total. The molecule has 10 nitrogen and oxygen atoms in total. The van der Waals surface area contributed by atoms with Gasteiger partial charge in [-0.1, -0.05) is 38.5 Å². The molecule has 0 bridgehead atoms. The van der Waals surface area contributed by atoms with Crippen molar-refractivity contribution in [2.75, 3.05) is 13.2 Å². The third-order valence-electron chi connectivity index (χ3n) is 3.08. The average molecular weight is 525 g/mol. The number of amides is 1. The number of nitrogens with two attached hydrogens (primary N) is 1. The van der Waals surface area contributed by atoms with Gasteiger partial charge < -0.3 is 34.1 Å². The first-order valence-corrected chi connectivity index (χ1v) is 11.2. The second kappa shape index (κ2) is 26.8. The topological polar surface area (TPSA) is 168 Å². The first-order chi connectivity index (χ1) is 15.0. The van der Waals surface area contributed by atoms with Crippen LogP contribution < -0.4 is 74.6 Å². The molecular weight excluding hydrogens is 487 g/mol. The first-order valence-electron chi connectivity index (χ1n) is 9.73. The van der Waals surface area contributed by atoms with E-state index < -0.39 is 39.1 Å². The predicted molar refractivity (Wildman–Crippen MR) is 122 cm³/mol. The van der Waals surface area contributed by atoms with Crippen molar-refractivity contribution < 1.29 is 109 Å². The molecule has 188 valence electrons. The minimum atomic E-state index is -5.26. The van der Waals surface area contributed by atoms with Crippen molar-refractivity contribution in [1.82, 2.24) is 0 Å². The normalized spacial score (nSPS) is 9.68. The maximum atomic E-state index is 11.8. The monoisotopic (exact) mass is 525 g/mol. The van der Waals surface area contributed by atoms with Crippen molar-refractivity contribution in [2.24, 2.45) is 5.73 Å². The van der Waals surface area contributed by atoms with Crippen molar-refractivity contribution in [3.8, 4) is 35.5 Å². The summed E-state index contributed by atoms with van der Waals surface area (Å²) in [4.78, 5) is 53.8. The SMILES string of the molecule is CC#CC#CC#CC(=O)OC[C@@H](COP(=O)([O-])[O-])OC(=O)CCCCCCC.CC(N)=O.[HH].[HH].[HH].[HH].[HH].[Na+].[Na+]. The summed E-state index contributed by atoms with van der Waals surface area (Å²) in [6.07, 6.45) is 3.47. The van der Waals surface area contributed by atoms with Crippen molar-refractivity contribution >= 4 is 25.7 Å². The Morgan fingerprint density at radius 2 is 1.56 bits per heavy atom. The molecule has 1 amide bonds. The fraction of sp³-hybridized carbons (Fsp3) is 0.571. The zero-order valence-electron chi connectivity index (χ0n) is 20.4. The Labute approximate surface area is 253 Å². The zero-order valence-corrected chi connectivity index (χ0v) is 25.3. The summed E-state index contributed by atoms with van der Waals surface area (Å²) < 4.78 is 24.5. The van der Waals surface area contributed by atoms with Gasteiger partial charge >= 0.3 is 71.1 Å². The van der Waals surface area contributed by atoms with Crippen LogP contribution in [0.4, 0.5) is 0 Å². The molecule has 0 saturated heterocycles. The van der Waals surface area contributed by atoms with E-state index in [4.69, 9.17) is 9.47 Å². The first kappa shape index (κ1) is 40.4. The third-order valence-corrected chi connectivity index (χ3v) is 3.54. The Hall–Kier alpha value is -0.800. The molecule has 0 heterocycles. The summed E-state index contributed by atoms with van der Waals surface area (Å²) >= 11 is 0. The van der Waals surface area contributed by atoms with E-state index in [-0.39, 0.29) is 78.6 Å². The standard InChI is InChI=1S/C19H25O8P.C2H5NO.2Na.5H2/c1-3-5-7-9-11-13-18(20)25-15-17(16-26-28(22,23)24)27-19(21)14-12-10-8-6-4-2;1-2(3)4;;;;;;;/h17H,4,6,8,10,12,14-16H2,1-2H3,(H2,22,23,24);1H3,(H2,3,4);;;5*1H/q;;2*+1;;;;;/p-2/t17-;;;;;;;;/m0......../s1. The van der Waals surface area contributed by atoms with E-state index in [0.717, 1.165) is 25.7 Å². The van der Waals surface area contributed by atoms with Gasteiger partial charge in [-0.05, 0) is 37.0 Å². The number of ether oxygens (including phenoxy) is 2. The van der Waals surface area contributed by atoms with Crippen LogP contribution in [-0.2, 0) is 32.9 Å². The van der Waals surface area contributed by atoms with Crippen molar-refractivity contribution in [2.45, 2.75) is 65.4 Å². The molecule has 0 rings (SSSR count). The Morgan fingerprint density at radius 3 is 2.09 bits per heavy atom. The van der Waals surface area contributed by atoms with Crippen LogP contribution in [0.3, 0.4) is 0 Å². The van der Waals surface area contributed by atoms with E-state index in [1.807, 2.05) is 0 Å². The molecule has 0 radical (unpaired) electrons. The molecule has 0 spiro atoms. The van der Waals surface area contributed by atoms with Gasteiger partial charge in [0.05, 0.1) is 14.4 Å². The predicted octanol–water partition coefficient (Wildman–Crippen LogP) is -4.59. The minimum Gasteiger partial charge on any atom is -0.790 e. The molecule has 0 aliphatic carbocycles. The summed E-state index contributed by atoms with van der Waals surface area (Å²) in [6.45, 7) is 3.70. The Morgan fingerprint density at radius 1 is 1.00 bits per heavy atom. The van der Waals surface area contributed by atoms with Crippen LogP contribution in [0.25, 0.3) is 0 Å². The van der Waals surface area contributed by atoms with Crippen LogP contribution in [0, 0.1) is 35.5 Å². The van der Waals surface area contributed by atoms with Gasteiger partial charge in [0, 0.05) is 26.4 Å². The number of phosphoric acid groups is 1. The van der Waals surface area contributed by atoms with Gasteiger partial charge in [-0.15, -0.1) is 0 Å². The van der Waals surface area contributed by atoms with Crippen molar-refractivity contribution in [3.05, 3.63) is 0 Å². The molecule has 0 fully saturated rings. The fourth-order valence-electron chi connectivity index (χ4n) is 1.82. The van der Waals surface area contributed by atoms with Crippen LogP contribution >= 0.6 is 7.82 Å². The Bertz CT molecular complexity index is 844. The van der Waals surface area contributed by atoms with Crippen LogP contribution in [0.15, 0.2) is 0 Å². The number of phosphoric ester groups is 1. The second-order valence-electron chi connectivity index (χ2n) is 6.10. The largest absolute Gasteiger partial charge is 1.00 e. The van der Waals surface area contributed by atoms with Crippen LogP contribution in [0.1, 0.15) is 66.4 Å². The molecule has 0 aromatic heterocycles. The molecule has 0 saturated carbocycles. The fourth-order valence-corrected chi connectivity index (χ4v) is 2.17. The van der Waals surface area contributed by atoms with E-state index in [0.29, 0.717) is 6.42 Å². The van der Waals surface area contributed by atoms with Gasteiger partial charge in [0.2, 0.25) is 5.91 Å². The molecule has 1 atom stereocenters. The number of carbonyl (C=O) groups is 3. The van der Waals surface area contributed by atoms with E-state index in [1.54, 1.807) is 6.92 Å². The summed E-state index contributed by atoms with van der Waals surface area (Å²) in [7, 11) is -5.26. The van der Waals surface area contributed by atoms with E-state index >= 15 is 0 Å². The van der Waals surface area contributed by atoms with Gasteiger partial charge in [0.1, 0.15) is 6.61 Å². The average Bonchev–Trinajstić information content (AvgIpc) is 2.68. The number of carbonyl (C=O) groups excluding carboxylic acids is 3. The zero-order chi connectivity index (χ0) is 24.8. The van der Waals surface area contributed by atoms with Crippen LogP contribution in [-0.4, -0.2) is 37.2 Å². The van der Waals surface area contributed by atoms with Gasteiger partial charge in [-0.25, -0.2) is 4.79 Å². The van der Waals surface area contributed by atoms with Gasteiger partial charge in [-0.2, -0.15) is 0 Å². The number of primary amides is 1. The minimum absolute atomic E-state index is 0. The maximum absolute atomic E-state index is 11.8. The molecule has 0 aromatic carbocycles. The Balaban J connectivity index is -0.000000109. The second-order valence-corrected chi connectivity index (χ2v) is 7.26. The summed E-state index contributed by atoms with van der Waals surface area (Å²) in [5, 5.41) is 0. The number of hydrogen-bond donors (Lipinski definition) is 1. The molecule has 13 heteroatoms. The number of unbranched alkanes of at least 4 members (excludes halogenated alkanes) is 4. The van der Waals surface area contributed by atoms with Crippen molar-refractivity contribution in [3.63, 3.8) is 0 Å². The molecule has 0 aliphatic rings. The summed E-state index contributed by atoms with van der Waals surface area (Å²) in [5.74, 6) is 12.0. The molecular formula is C21H38NNa2O9P. The molecule has 34 heavy (non-hydrogen) atoms. The van der Waals surface area contributed by atoms with Crippen LogP contribution in [0.2, 0.25) is 0 Å². The van der Waals surface area contributed by atoms with E-state index in [1.165, 1.54) is 6.92 Å². The van der Waals surface area contributed by atoms with E-state index in [9.17, 15) is 28.7 Å². The number of rotatable bonds is 12. The third kappa shape index (κ3) is 35.8. The number of esters is 2. The number of hydrogen-bond acceptors (Lipinski definition) is 9. The molecule has 0 unspecified atom stereocenters. The maximum Gasteiger partial charge on any atom is 1.00 e. The van der Waals surface area contributed by atoms with E-state index in [2.05, 4.69) is 52.7 Å².